The zero-order valence-electron chi connectivity index (χ0n) is 11.5. The third-order valence-electron chi connectivity index (χ3n) is 3.53. The number of rotatable bonds is 4. The van der Waals surface area contributed by atoms with E-state index in [1.807, 2.05) is 37.4 Å². The van der Waals surface area contributed by atoms with E-state index >= 15 is 0 Å². The van der Waals surface area contributed by atoms with E-state index in [9.17, 15) is 0 Å². The van der Waals surface area contributed by atoms with E-state index in [2.05, 4.69) is 28.5 Å². The number of nitrogens with two attached hydrogens (primary N) is 1. The summed E-state index contributed by atoms with van der Waals surface area (Å²) < 4.78 is 3.96. The maximum absolute atomic E-state index is 6.28. The van der Waals surface area contributed by atoms with Gasteiger partial charge in [0.25, 0.3) is 0 Å². The van der Waals surface area contributed by atoms with Crippen LogP contribution in [-0.2, 0) is 7.05 Å². The Hall–Kier alpha value is -1.62. The summed E-state index contributed by atoms with van der Waals surface area (Å²) in [5, 5.41) is 4.24. The van der Waals surface area contributed by atoms with Gasteiger partial charge in [-0.15, -0.1) is 0 Å². The lowest BCUT2D eigenvalue weighted by atomic mass is 10.0. The molecule has 2 N–H and O–H groups in total. The second kappa shape index (κ2) is 4.94. The lowest BCUT2D eigenvalue weighted by molar-refractivity contribution is 0.451. The number of hydrogen-bond donors (Lipinski definition) is 1. The molecule has 0 radical (unpaired) electrons. The van der Waals surface area contributed by atoms with Crippen molar-refractivity contribution in [1.82, 2.24) is 19.3 Å². The quantitative estimate of drug-likeness (QED) is 0.892. The maximum atomic E-state index is 6.28. The van der Waals surface area contributed by atoms with Crippen LogP contribution in [0.3, 0.4) is 0 Å². The minimum atomic E-state index is 0.0569. The number of nitrogens with zero attached hydrogens (tertiary/aromatic N) is 4. The van der Waals surface area contributed by atoms with E-state index < -0.39 is 0 Å². The summed E-state index contributed by atoms with van der Waals surface area (Å²) in [5.41, 5.74) is 9.62. The first-order chi connectivity index (χ1) is 8.54. The van der Waals surface area contributed by atoms with Crippen LogP contribution in [0.5, 0.6) is 0 Å². The molecule has 0 amide bonds. The average Bonchev–Trinajstić information content (AvgIpc) is 2.90. The molecule has 2 atom stereocenters. The van der Waals surface area contributed by atoms with Crippen molar-refractivity contribution < 1.29 is 0 Å². The van der Waals surface area contributed by atoms with Crippen LogP contribution in [0.1, 0.15) is 36.3 Å². The van der Waals surface area contributed by atoms with Crippen molar-refractivity contribution in [2.75, 3.05) is 0 Å². The third-order valence-corrected chi connectivity index (χ3v) is 3.53. The van der Waals surface area contributed by atoms with Crippen molar-refractivity contribution >= 4 is 0 Å². The highest BCUT2D eigenvalue weighted by Gasteiger charge is 2.23. The Morgan fingerprint density at radius 2 is 2.11 bits per heavy atom. The van der Waals surface area contributed by atoms with Gasteiger partial charge in [-0.2, -0.15) is 5.10 Å². The molecule has 2 aromatic rings. The zero-order chi connectivity index (χ0) is 13.3. The molecule has 0 fully saturated rings. The molecule has 2 aromatic heterocycles. The summed E-state index contributed by atoms with van der Waals surface area (Å²) >= 11 is 0. The number of aromatic nitrogens is 4. The van der Waals surface area contributed by atoms with Crippen molar-refractivity contribution in [3.63, 3.8) is 0 Å². The minimum Gasteiger partial charge on any atom is -0.326 e. The Labute approximate surface area is 108 Å². The first-order valence-corrected chi connectivity index (χ1v) is 6.28. The molecular weight excluding hydrogens is 226 g/mol. The van der Waals surface area contributed by atoms with Crippen LogP contribution in [-0.4, -0.2) is 25.4 Å². The van der Waals surface area contributed by atoms with Gasteiger partial charge in [0.05, 0.1) is 24.3 Å². The molecule has 0 aliphatic rings. The number of hydrogen-bond acceptors (Lipinski definition) is 3. The monoisotopic (exact) mass is 247 g/mol. The Kier molecular flexibility index (Phi) is 3.52. The van der Waals surface area contributed by atoms with Gasteiger partial charge in [-0.25, -0.2) is 4.98 Å². The van der Waals surface area contributed by atoms with Crippen LogP contribution in [0.2, 0.25) is 0 Å². The van der Waals surface area contributed by atoms with Crippen molar-refractivity contribution in [2.24, 2.45) is 12.8 Å². The maximum Gasteiger partial charge on any atom is 0.0957 e. The zero-order valence-corrected chi connectivity index (χ0v) is 11.5. The molecule has 0 aliphatic carbocycles. The fourth-order valence-corrected chi connectivity index (χ4v) is 2.23. The van der Waals surface area contributed by atoms with Crippen LogP contribution in [0.25, 0.3) is 0 Å². The van der Waals surface area contributed by atoms with E-state index in [0.717, 1.165) is 23.4 Å². The molecule has 0 spiro atoms. The molecule has 5 nitrogen and oxygen atoms in total. The molecule has 2 heterocycles. The molecule has 0 bridgehead atoms. The topological polar surface area (TPSA) is 61.7 Å². The SMILES string of the molecule is CCC(N)C(c1cnn(C)c1)n1cnc(C)c1C. The molecule has 0 aromatic carbocycles. The van der Waals surface area contributed by atoms with E-state index in [-0.39, 0.29) is 12.1 Å². The summed E-state index contributed by atoms with van der Waals surface area (Å²) in [5.74, 6) is 0. The lowest BCUT2D eigenvalue weighted by Gasteiger charge is -2.24. The molecule has 0 saturated heterocycles. The first-order valence-electron chi connectivity index (χ1n) is 6.28. The molecule has 18 heavy (non-hydrogen) atoms. The molecule has 98 valence electrons. The van der Waals surface area contributed by atoms with Crippen LogP contribution < -0.4 is 5.73 Å². The van der Waals surface area contributed by atoms with Gasteiger partial charge in [0, 0.05) is 30.5 Å². The van der Waals surface area contributed by atoms with Crippen LogP contribution in [0.4, 0.5) is 0 Å². The standard InChI is InChI=1S/C13H21N5/c1-5-12(14)13(11-6-16-17(4)7-11)18-8-15-9(2)10(18)3/h6-8,12-13H,5,14H2,1-4H3. The summed E-state index contributed by atoms with van der Waals surface area (Å²) in [6, 6.07) is 0.159. The lowest BCUT2D eigenvalue weighted by Crippen LogP contribution is -2.32. The van der Waals surface area contributed by atoms with Crippen LogP contribution >= 0.6 is 0 Å². The number of imidazole rings is 1. The Morgan fingerprint density at radius 3 is 2.56 bits per heavy atom. The van der Waals surface area contributed by atoms with E-state index in [0.29, 0.717) is 0 Å². The van der Waals surface area contributed by atoms with Gasteiger partial charge in [-0.3, -0.25) is 4.68 Å². The molecule has 5 heteroatoms. The first kappa shape index (κ1) is 12.8. The normalized spacial score (nSPS) is 14.7. The Morgan fingerprint density at radius 1 is 1.39 bits per heavy atom. The van der Waals surface area contributed by atoms with Crippen LogP contribution in [0.15, 0.2) is 18.7 Å². The molecular formula is C13H21N5. The van der Waals surface area contributed by atoms with E-state index in [1.54, 1.807) is 0 Å². The fourth-order valence-electron chi connectivity index (χ4n) is 2.23. The van der Waals surface area contributed by atoms with Crippen LogP contribution in [0, 0.1) is 13.8 Å². The minimum absolute atomic E-state index is 0.0569. The predicted molar refractivity (Wildman–Crippen MR) is 71.3 cm³/mol. The predicted octanol–water partition coefficient (Wildman–Crippen LogP) is 1.56. The molecule has 2 rings (SSSR count). The molecule has 2 unspecified atom stereocenters. The second-order valence-corrected chi connectivity index (χ2v) is 4.79. The van der Waals surface area contributed by atoms with Gasteiger partial charge in [0.2, 0.25) is 0 Å². The largest absolute Gasteiger partial charge is 0.326 e. The highest BCUT2D eigenvalue weighted by Crippen LogP contribution is 2.24. The molecule has 0 aliphatic heterocycles. The van der Waals surface area contributed by atoms with Gasteiger partial charge in [0.1, 0.15) is 0 Å². The van der Waals surface area contributed by atoms with Crippen molar-refractivity contribution in [3.05, 3.63) is 35.7 Å². The fraction of sp³-hybridized carbons (Fsp3) is 0.538. The highest BCUT2D eigenvalue weighted by atomic mass is 15.2. The van der Waals surface area contributed by atoms with E-state index in [4.69, 9.17) is 5.73 Å². The summed E-state index contributed by atoms with van der Waals surface area (Å²) in [6.45, 7) is 6.20. The van der Waals surface area contributed by atoms with Gasteiger partial charge >= 0.3 is 0 Å². The third kappa shape index (κ3) is 2.18. The van der Waals surface area contributed by atoms with Crippen molar-refractivity contribution in [1.29, 1.82) is 0 Å². The molecule has 0 saturated carbocycles. The second-order valence-electron chi connectivity index (χ2n) is 4.79. The number of aryl methyl sites for hydroxylation is 2. The van der Waals surface area contributed by atoms with Crippen molar-refractivity contribution in [3.8, 4) is 0 Å². The Balaban J connectivity index is 2.46. The van der Waals surface area contributed by atoms with Crippen molar-refractivity contribution in [2.45, 2.75) is 39.3 Å². The smallest absolute Gasteiger partial charge is 0.0957 e. The summed E-state index contributed by atoms with van der Waals surface area (Å²) in [6.07, 6.45) is 6.69. The summed E-state index contributed by atoms with van der Waals surface area (Å²) in [4.78, 5) is 4.37. The van der Waals surface area contributed by atoms with Gasteiger partial charge in [-0.05, 0) is 20.3 Å². The average molecular weight is 247 g/mol. The highest BCUT2D eigenvalue weighted by molar-refractivity contribution is 5.20. The van der Waals surface area contributed by atoms with E-state index in [1.165, 1.54) is 0 Å². The van der Waals surface area contributed by atoms with Gasteiger partial charge in [0.15, 0.2) is 0 Å². The van der Waals surface area contributed by atoms with Gasteiger partial charge in [-0.1, -0.05) is 6.92 Å². The van der Waals surface area contributed by atoms with Gasteiger partial charge < -0.3 is 10.3 Å². The summed E-state index contributed by atoms with van der Waals surface area (Å²) in [7, 11) is 1.92. The Bertz CT molecular complexity index is 525.